The first-order chi connectivity index (χ1) is 15.7. The van der Waals surface area contributed by atoms with Crippen LogP contribution in [0.1, 0.15) is 80.1 Å². The van der Waals surface area contributed by atoms with E-state index in [-0.39, 0.29) is 29.1 Å². The van der Waals surface area contributed by atoms with Crippen LogP contribution in [0.25, 0.3) is 0 Å². The summed E-state index contributed by atoms with van der Waals surface area (Å²) in [6, 6.07) is 14.7. The van der Waals surface area contributed by atoms with Gasteiger partial charge < -0.3 is 9.47 Å². The minimum absolute atomic E-state index is 0.176. The maximum absolute atomic E-state index is 11.9. The summed E-state index contributed by atoms with van der Waals surface area (Å²) in [6.45, 7) is 9.88. The predicted molar refractivity (Wildman–Crippen MR) is 131 cm³/mol. The van der Waals surface area contributed by atoms with Crippen LogP contribution in [0.15, 0.2) is 48.0 Å². The summed E-state index contributed by atoms with van der Waals surface area (Å²) >= 11 is 1.44. The molecule has 0 saturated carbocycles. The number of carbonyl (C=O) groups excluding carboxylic acids is 1. The number of esters is 1. The molecule has 0 amide bonds. The number of carbonyl (C=O) groups is 1. The van der Waals surface area contributed by atoms with Crippen LogP contribution in [0, 0.1) is 0 Å². The summed E-state index contributed by atoms with van der Waals surface area (Å²) in [5.41, 5.74) is 7.15. The monoisotopic (exact) mass is 464 g/mol. The molecule has 1 atom stereocenters. The average molecular weight is 465 g/mol. The van der Waals surface area contributed by atoms with Gasteiger partial charge in [0.05, 0.1) is 13.5 Å². The molecular weight excluding hydrogens is 432 g/mol. The summed E-state index contributed by atoms with van der Waals surface area (Å²) in [4.78, 5) is 11.9. The summed E-state index contributed by atoms with van der Waals surface area (Å²) < 4.78 is 11.0. The van der Waals surface area contributed by atoms with Crippen LogP contribution in [0.5, 0.6) is 5.75 Å². The van der Waals surface area contributed by atoms with E-state index in [1.54, 1.807) is 5.51 Å². The molecule has 0 spiro atoms. The number of hydrogen-bond acceptors (Lipinski definition) is 6. The number of rotatable bonds is 7. The summed E-state index contributed by atoms with van der Waals surface area (Å²) in [6.07, 6.45) is 2.64. The predicted octanol–water partition coefficient (Wildman–Crippen LogP) is 6.16. The van der Waals surface area contributed by atoms with Crippen molar-refractivity contribution in [3.05, 3.63) is 75.2 Å². The van der Waals surface area contributed by atoms with E-state index >= 15 is 0 Å². The minimum Gasteiger partial charge on any atom is -0.489 e. The molecule has 2 aromatic carbocycles. The molecule has 1 aliphatic carbocycles. The van der Waals surface area contributed by atoms with Crippen LogP contribution in [0.2, 0.25) is 0 Å². The van der Waals surface area contributed by atoms with Crippen molar-refractivity contribution >= 4 is 17.3 Å². The second kappa shape index (κ2) is 9.26. The quantitative estimate of drug-likeness (QED) is 0.392. The lowest BCUT2D eigenvalue weighted by Crippen LogP contribution is -2.33. The normalized spacial score (nSPS) is 17.1. The van der Waals surface area contributed by atoms with Gasteiger partial charge >= 0.3 is 5.97 Å². The lowest BCUT2D eigenvalue weighted by atomic mass is 9.63. The van der Waals surface area contributed by atoms with Crippen LogP contribution >= 0.6 is 11.3 Å². The SMILES string of the molecule is COC(=O)C[C@H](c1ccc(OCc2ccc3c(c2)C(C)(C)CCC3(C)C)cc1)c1nncs1. The van der Waals surface area contributed by atoms with E-state index in [1.165, 1.54) is 48.0 Å². The van der Waals surface area contributed by atoms with E-state index in [9.17, 15) is 4.79 Å². The van der Waals surface area contributed by atoms with Crippen molar-refractivity contribution in [2.75, 3.05) is 7.11 Å². The van der Waals surface area contributed by atoms with Gasteiger partial charge in [0.2, 0.25) is 0 Å². The van der Waals surface area contributed by atoms with Crippen LogP contribution < -0.4 is 4.74 Å². The molecule has 6 heteroatoms. The number of nitrogens with zero attached hydrogens (tertiary/aromatic N) is 2. The second-order valence-corrected chi connectivity index (χ2v) is 11.0. The summed E-state index contributed by atoms with van der Waals surface area (Å²) in [7, 11) is 1.40. The molecule has 5 nitrogen and oxygen atoms in total. The summed E-state index contributed by atoms with van der Waals surface area (Å²) in [5, 5.41) is 8.89. The highest BCUT2D eigenvalue weighted by molar-refractivity contribution is 7.09. The minimum atomic E-state index is -0.269. The van der Waals surface area contributed by atoms with Crippen molar-refractivity contribution in [3.63, 3.8) is 0 Å². The highest BCUT2D eigenvalue weighted by Crippen LogP contribution is 2.46. The molecule has 4 rings (SSSR count). The number of ether oxygens (including phenoxy) is 2. The number of hydrogen-bond donors (Lipinski definition) is 0. The largest absolute Gasteiger partial charge is 0.489 e. The van der Waals surface area contributed by atoms with Crippen molar-refractivity contribution in [1.82, 2.24) is 10.2 Å². The van der Waals surface area contributed by atoms with Crippen molar-refractivity contribution in [1.29, 1.82) is 0 Å². The third-order valence-corrected chi connectivity index (χ3v) is 7.69. The van der Waals surface area contributed by atoms with Crippen molar-refractivity contribution in [3.8, 4) is 5.75 Å². The molecule has 0 saturated heterocycles. The maximum atomic E-state index is 11.9. The first kappa shape index (κ1) is 23.4. The molecule has 174 valence electrons. The van der Waals surface area contributed by atoms with Crippen LogP contribution in [0.4, 0.5) is 0 Å². The smallest absolute Gasteiger partial charge is 0.306 e. The Labute approximate surface area is 200 Å². The molecule has 0 radical (unpaired) electrons. The summed E-state index contributed by atoms with van der Waals surface area (Å²) in [5.74, 6) is 0.351. The van der Waals surface area contributed by atoms with Gasteiger partial charge in [-0.3, -0.25) is 4.79 Å². The van der Waals surface area contributed by atoms with E-state index in [1.807, 2.05) is 24.3 Å². The van der Waals surface area contributed by atoms with Crippen LogP contribution in [-0.2, 0) is 27.0 Å². The Morgan fingerprint density at radius 3 is 2.36 bits per heavy atom. The van der Waals surface area contributed by atoms with E-state index in [4.69, 9.17) is 9.47 Å². The van der Waals surface area contributed by atoms with Gasteiger partial charge in [-0.15, -0.1) is 21.5 Å². The topological polar surface area (TPSA) is 61.3 Å². The maximum Gasteiger partial charge on any atom is 0.306 e. The Morgan fingerprint density at radius 1 is 1.03 bits per heavy atom. The number of benzene rings is 2. The molecule has 1 aromatic heterocycles. The van der Waals surface area contributed by atoms with Crippen molar-refractivity contribution < 1.29 is 14.3 Å². The Kier molecular flexibility index (Phi) is 6.57. The van der Waals surface area contributed by atoms with Gasteiger partial charge in [0.1, 0.15) is 22.9 Å². The van der Waals surface area contributed by atoms with E-state index < -0.39 is 0 Å². The molecule has 0 bridgehead atoms. The highest BCUT2D eigenvalue weighted by Gasteiger charge is 2.36. The van der Waals surface area contributed by atoms with E-state index in [0.717, 1.165) is 16.3 Å². The van der Waals surface area contributed by atoms with Crippen molar-refractivity contribution in [2.45, 2.75) is 70.3 Å². The Balaban J connectivity index is 1.48. The standard InChI is InChI=1S/C27H32N2O3S/c1-26(2)12-13-27(3,4)23-14-18(6-11-22(23)26)16-32-20-9-7-19(8-10-20)21(15-24(30)31-5)25-29-28-17-33-25/h6-11,14,17,21H,12-13,15-16H2,1-5H3/t21-/m1/s1. The second-order valence-electron chi connectivity index (χ2n) is 10.1. The zero-order valence-electron chi connectivity index (χ0n) is 20.1. The Morgan fingerprint density at radius 2 is 1.73 bits per heavy atom. The van der Waals surface area contributed by atoms with E-state index in [2.05, 4.69) is 56.1 Å². The van der Waals surface area contributed by atoms with Gasteiger partial charge in [-0.2, -0.15) is 0 Å². The molecule has 33 heavy (non-hydrogen) atoms. The zero-order chi connectivity index (χ0) is 23.6. The van der Waals surface area contributed by atoms with E-state index in [0.29, 0.717) is 6.61 Å². The van der Waals surface area contributed by atoms with Gasteiger partial charge in [-0.25, -0.2) is 0 Å². The molecule has 0 aliphatic heterocycles. The first-order valence-corrected chi connectivity index (χ1v) is 12.3. The lowest BCUT2D eigenvalue weighted by molar-refractivity contribution is -0.140. The fourth-order valence-electron chi connectivity index (χ4n) is 4.62. The molecular formula is C27H32N2O3S. The third-order valence-electron chi connectivity index (χ3n) is 6.88. The zero-order valence-corrected chi connectivity index (χ0v) is 20.9. The Bertz CT molecular complexity index is 1100. The van der Waals surface area contributed by atoms with Crippen LogP contribution in [-0.4, -0.2) is 23.3 Å². The highest BCUT2D eigenvalue weighted by atomic mass is 32.1. The first-order valence-electron chi connectivity index (χ1n) is 11.4. The molecule has 0 N–H and O–H groups in total. The number of fused-ring (bicyclic) bond motifs is 1. The Hall–Kier alpha value is -2.73. The number of aromatic nitrogens is 2. The average Bonchev–Trinajstić information content (AvgIpc) is 3.34. The molecule has 1 heterocycles. The molecule has 1 aliphatic rings. The van der Waals surface area contributed by atoms with Gasteiger partial charge in [-0.1, -0.05) is 58.0 Å². The van der Waals surface area contributed by atoms with Gasteiger partial charge in [-0.05, 0) is 58.1 Å². The van der Waals surface area contributed by atoms with Gasteiger partial charge in [0.25, 0.3) is 0 Å². The fourth-order valence-corrected chi connectivity index (χ4v) is 5.30. The molecule has 3 aromatic rings. The third kappa shape index (κ3) is 5.11. The van der Waals surface area contributed by atoms with Crippen molar-refractivity contribution in [2.24, 2.45) is 0 Å². The number of methoxy groups -OCH3 is 1. The molecule has 0 unspecified atom stereocenters. The van der Waals surface area contributed by atoms with Gasteiger partial charge in [0.15, 0.2) is 0 Å². The van der Waals surface area contributed by atoms with Crippen LogP contribution in [0.3, 0.4) is 0 Å². The lowest BCUT2D eigenvalue weighted by Gasteiger charge is -2.42. The molecule has 0 fully saturated rings. The van der Waals surface area contributed by atoms with Gasteiger partial charge in [0, 0.05) is 5.92 Å². The fraction of sp³-hybridized carbons (Fsp3) is 0.444.